The Kier molecular flexibility index (Phi) is 7.31. The van der Waals surface area contributed by atoms with Crippen molar-refractivity contribution in [3.8, 4) is 0 Å². The SMILES string of the molecule is COC(=O)c1ccc(NC(=O)C(=O)NC[C@@H](c2ccoc2)N2CCSCC2)cc1. The Morgan fingerprint density at radius 2 is 1.86 bits per heavy atom. The van der Waals surface area contributed by atoms with Gasteiger partial charge in [-0.2, -0.15) is 11.8 Å². The first-order valence-corrected chi connectivity index (χ1v) is 10.4. The molecule has 1 aliphatic heterocycles. The molecule has 154 valence electrons. The summed E-state index contributed by atoms with van der Waals surface area (Å²) >= 11 is 1.90. The van der Waals surface area contributed by atoms with E-state index in [0.717, 1.165) is 30.2 Å². The second kappa shape index (κ2) is 10.1. The quantitative estimate of drug-likeness (QED) is 0.547. The molecule has 0 bridgehead atoms. The van der Waals surface area contributed by atoms with E-state index in [1.807, 2.05) is 17.8 Å². The van der Waals surface area contributed by atoms with Crippen LogP contribution >= 0.6 is 11.8 Å². The maximum atomic E-state index is 12.3. The number of nitrogens with one attached hydrogen (secondary N) is 2. The first-order valence-electron chi connectivity index (χ1n) is 9.20. The Labute approximate surface area is 173 Å². The number of benzene rings is 1. The molecule has 0 aliphatic carbocycles. The van der Waals surface area contributed by atoms with Gasteiger partial charge in [0.05, 0.1) is 31.2 Å². The molecule has 8 nitrogen and oxygen atoms in total. The first-order chi connectivity index (χ1) is 14.1. The molecule has 1 aliphatic rings. The summed E-state index contributed by atoms with van der Waals surface area (Å²) in [5.41, 5.74) is 1.74. The molecule has 0 saturated carbocycles. The molecule has 29 heavy (non-hydrogen) atoms. The van der Waals surface area contributed by atoms with Gasteiger partial charge in [-0.3, -0.25) is 14.5 Å². The second-order valence-corrected chi connectivity index (χ2v) is 7.68. The van der Waals surface area contributed by atoms with E-state index >= 15 is 0 Å². The molecular weight excluding hydrogens is 394 g/mol. The van der Waals surface area contributed by atoms with Gasteiger partial charge < -0.3 is 19.8 Å². The molecule has 2 amide bonds. The molecule has 1 aromatic heterocycles. The normalized spacial score (nSPS) is 15.3. The van der Waals surface area contributed by atoms with Gasteiger partial charge in [-0.15, -0.1) is 0 Å². The molecule has 3 rings (SSSR count). The van der Waals surface area contributed by atoms with Crippen LogP contribution in [-0.4, -0.2) is 60.9 Å². The predicted octanol–water partition coefficient (Wildman–Crippen LogP) is 1.91. The van der Waals surface area contributed by atoms with Gasteiger partial charge in [0.15, 0.2) is 0 Å². The minimum absolute atomic E-state index is 0.0502. The average Bonchev–Trinajstić information content (AvgIpc) is 3.29. The van der Waals surface area contributed by atoms with Crippen LogP contribution in [0, 0.1) is 0 Å². The fourth-order valence-corrected chi connectivity index (χ4v) is 4.01. The van der Waals surface area contributed by atoms with Crippen LogP contribution in [0.15, 0.2) is 47.3 Å². The highest BCUT2D eigenvalue weighted by atomic mass is 32.2. The number of carbonyl (C=O) groups is 3. The van der Waals surface area contributed by atoms with Crippen LogP contribution in [0.5, 0.6) is 0 Å². The monoisotopic (exact) mass is 417 g/mol. The van der Waals surface area contributed by atoms with Crippen molar-refractivity contribution in [3.63, 3.8) is 0 Å². The highest BCUT2D eigenvalue weighted by Crippen LogP contribution is 2.24. The molecule has 2 heterocycles. The van der Waals surface area contributed by atoms with E-state index in [9.17, 15) is 14.4 Å². The summed E-state index contributed by atoms with van der Waals surface area (Å²) in [4.78, 5) is 38.2. The fraction of sp³-hybridized carbons (Fsp3) is 0.350. The van der Waals surface area contributed by atoms with Crippen molar-refractivity contribution in [1.82, 2.24) is 10.2 Å². The summed E-state index contributed by atoms with van der Waals surface area (Å²) < 4.78 is 9.83. The standard InChI is InChI=1S/C20H23N3O5S/c1-27-20(26)14-2-4-16(5-3-14)22-19(25)18(24)21-12-17(15-6-9-28-13-15)23-7-10-29-11-8-23/h2-6,9,13,17H,7-8,10-12H2,1H3,(H,21,24)(H,22,25)/t17-/m0/s1. The van der Waals surface area contributed by atoms with E-state index in [4.69, 9.17) is 4.42 Å². The Morgan fingerprint density at radius 3 is 2.48 bits per heavy atom. The molecule has 2 aromatic rings. The number of anilines is 1. The second-order valence-electron chi connectivity index (χ2n) is 6.45. The molecule has 1 atom stereocenters. The minimum atomic E-state index is -0.768. The van der Waals surface area contributed by atoms with Crippen molar-refractivity contribution in [3.05, 3.63) is 54.0 Å². The summed E-state index contributed by atoms with van der Waals surface area (Å²) in [5, 5.41) is 5.24. The molecular formula is C20H23N3O5S. The molecule has 1 saturated heterocycles. The third-order valence-corrected chi connectivity index (χ3v) is 5.58. The van der Waals surface area contributed by atoms with Gasteiger partial charge in [0, 0.05) is 42.4 Å². The smallest absolute Gasteiger partial charge is 0.337 e. The highest BCUT2D eigenvalue weighted by molar-refractivity contribution is 7.99. The number of thioether (sulfide) groups is 1. The maximum absolute atomic E-state index is 12.3. The first kappa shape index (κ1) is 20.9. The van der Waals surface area contributed by atoms with Crippen molar-refractivity contribution in [2.45, 2.75) is 6.04 Å². The van der Waals surface area contributed by atoms with Crippen LogP contribution in [0.25, 0.3) is 0 Å². The minimum Gasteiger partial charge on any atom is -0.472 e. The Hall–Kier alpha value is -2.78. The summed E-state index contributed by atoms with van der Waals surface area (Å²) in [6.45, 7) is 2.13. The zero-order chi connectivity index (χ0) is 20.6. The lowest BCUT2D eigenvalue weighted by Crippen LogP contribution is -2.44. The van der Waals surface area contributed by atoms with Crippen molar-refractivity contribution in [1.29, 1.82) is 0 Å². The fourth-order valence-electron chi connectivity index (χ4n) is 3.08. The number of hydrogen-bond acceptors (Lipinski definition) is 7. The lowest BCUT2D eigenvalue weighted by molar-refractivity contribution is -0.136. The largest absolute Gasteiger partial charge is 0.472 e. The van der Waals surface area contributed by atoms with E-state index in [0.29, 0.717) is 17.8 Å². The molecule has 1 fully saturated rings. The molecule has 9 heteroatoms. The van der Waals surface area contributed by atoms with Gasteiger partial charge in [0.1, 0.15) is 0 Å². The van der Waals surface area contributed by atoms with E-state index < -0.39 is 17.8 Å². The van der Waals surface area contributed by atoms with Gasteiger partial charge >= 0.3 is 17.8 Å². The van der Waals surface area contributed by atoms with Crippen LogP contribution in [0.3, 0.4) is 0 Å². The third kappa shape index (κ3) is 5.61. The summed E-state index contributed by atoms with van der Waals surface area (Å²) in [6, 6.07) is 7.94. The van der Waals surface area contributed by atoms with Crippen LogP contribution in [-0.2, 0) is 14.3 Å². The van der Waals surface area contributed by atoms with Crippen LogP contribution < -0.4 is 10.6 Å². The van der Waals surface area contributed by atoms with E-state index in [2.05, 4.69) is 20.3 Å². The summed E-state index contributed by atoms with van der Waals surface area (Å²) in [7, 11) is 1.29. The number of amides is 2. The number of nitrogens with zero attached hydrogens (tertiary/aromatic N) is 1. The number of ether oxygens (including phenoxy) is 1. The highest BCUT2D eigenvalue weighted by Gasteiger charge is 2.25. The molecule has 0 radical (unpaired) electrons. The Morgan fingerprint density at radius 1 is 1.14 bits per heavy atom. The number of furan rings is 1. The number of esters is 1. The lowest BCUT2D eigenvalue weighted by Gasteiger charge is -2.33. The topological polar surface area (TPSA) is 101 Å². The van der Waals surface area contributed by atoms with Crippen molar-refractivity contribution >= 4 is 35.2 Å². The van der Waals surface area contributed by atoms with Crippen LogP contribution in [0.1, 0.15) is 22.0 Å². The zero-order valence-corrected chi connectivity index (χ0v) is 16.9. The van der Waals surface area contributed by atoms with Crippen molar-refractivity contribution in [2.75, 3.05) is 43.6 Å². The Bertz CT molecular complexity index is 832. The molecule has 0 spiro atoms. The van der Waals surface area contributed by atoms with Gasteiger partial charge in [-0.25, -0.2) is 4.79 Å². The van der Waals surface area contributed by atoms with Crippen molar-refractivity contribution < 1.29 is 23.5 Å². The van der Waals surface area contributed by atoms with Crippen LogP contribution in [0.4, 0.5) is 5.69 Å². The van der Waals surface area contributed by atoms with E-state index in [1.165, 1.54) is 31.4 Å². The summed E-state index contributed by atoms with van der Waals surface area (Å²) in [6.07, 6.45) is 3.27. The number of methoxy groups -OCH3 is 1. The summed E-state index contributed by atoms with van der Waals surface area (Å²) in [5.74, 6) is 0.106. The lowest BCUT2D eigenvalue weighted by atomic mass is 10.1. The molecule has 0 unspecified atom stereocenters. The van der Waals surface area contributed by atoms with Crippen LogP contribution in [0.2, 0.25) is 0 Å². The number of hydrogen-bond donors (Lipinski definition) is 2. The number of carbonyl (C=O) groups excluding carboxylic acids is 3. The van der Waals surface area contributed by atoms with Gasteiger partial charge in [0.25, 0.3) is 0 Å². The third-order valence-electron chi connectivity index (χ3n) is 4.64. The number of rotatable bonds is 6. The zero-order valence-electron chi connectivity index (χ0n) is 16.1. The van der Waals surface area contributed by atoms with Gasteiger partial charge in [-0.1, -0.05) is 0 Å². The van der Waals surface area contributed by atoms with Crippen molar-refractivity contribution in [2.24, 2.45) is 0 Å². The molecule has 1 aromatic carbocycles. The predicted molar refractivity (Wildman–Crippen MR) is 110 cm³/mol. The molecule has 2 N–H and O–H groups in total. The van der Waals surface area contributed by atoms with E-state index in [1.54, 1.807) is 12.5 Å². The maximum Gasteiger partial charge on any atom is 0.337 e. The average molecular weight is 417 g/mol. The Balaban J connectivity index is 1.56. The van der Waals surface area contributed by atoms with E-state index in [-0.39, 0.29) is 6.04 Å². The van der Waals surface area contributed by atoms with Gasteiger partial charge in [-0.05, 0) is 30.3 Å². The van der Waals surface area contributed by atoms with Gasteiger partial charge in [0.2, 0.25) is 0 Å².